The van der Waals surface area contributed by atoms with Crippen LogP contribution in [-0.4, -0.2) is 42.1 Å². The lowest BCUT2D eigenvalue weighted by Crippen LogP contribution is -2.44. The van der Waals surface area contributed by atoms with E-state index in [0.29, 0.717) is 31.4 Å². The Morgan fingerprint density at radius 1 is 1.39 bits per heavy atom. The Labute approximate surface area is 169 Å². The fourth-order valence-corrected chi connectivity index (χ4v) is 3.93. The number of hydrogen-bond donors (Lipinski definition) is 2. The van der Waals surface area contributed by atoms with E-state index in [4.69, 9.17) is 11.6 Å². The minimum atomic E-state index is -4.46. The SMILES string of the molecule is CN=C(NCc1ncc(C)s1)NC1CCN(c2ncc(C(F)(F)F)cc2Cl)C1. The van der Waals surface area contributed by atoms with Crippen LogP contribution in [-0.2, 0) is 12.7 Å². The number of thiazole rings is 1. The van der Waals surface area contributed by atoms with Gasteiger partial charge < -0.3 is 15.5 Å². The molecular formula is C17H20ClF3N6S. The molecule has 0 aliphatic carbocycles. The van der Waals surface area contributed by atoms with Crippen molar-refractivity contribution in [2.45, 2.75) is 32.1 Å². The van der Waals surface area contributed by atoms with Gasteiger partial charge in [-0.2, -0.15) is 13.2 Å². The fourth-order valence-electron chi connectivity index (χ4n) is 2.92. The van der Waals surface area contributed by atoms with Crippen molar-refractivity contribution < 1.29 is 13.2 Å². The maximum atomic E-state index is 12.8. The summed E-state index contributed by atoms with van der Waals surface area (Å²) in [6, 6.07) is 0.991. The Hall–Kier alpha value is -2.07. The maximum Gasteiger partial charge on any atom is 0.417 e. The number of halogens is 4. The number of hydrogen-bond acceptors (Lipinski definition) is 5. The van der Waals surface area contributed by atoms with E-state index in [-0.39, 0.29) is 11.1 Å². The lowest BCUT2D eigenvalue weighted by atomic mass is 10.2. The molecule has 2 aromatic rings. The second-order valence-corrected chi connectivity index (χ2v) is 8.12. The number of aliphatic imine (C=N–C) groups is 1. The Kier molecular flexibility index (Phi) is 6.29. The zero-order valence-electron chi connectivity index (χ0n) is 15.3. The molecule has 152 valence electrons. The molecule has 0 bridgehead atoms. The van der Waals surface area contributed by atoms with Gasteiger partial charge in [0.25, 0.3) is 0 Å². The fraction of sp³-hybridized carbons (Fsp3) is 0.471. The Bertz CT molecular complexity index is 854. The summed E-state index contributed by atoms with van der Waals surface area (Å²) in [5.41, 5.74) is -0.850. The summed E-state index contributed by atoms with van der Waals surface area (Å²) >= 11 is 7.67. The zero-order chi connectivity index (χ0) is 20.3. The lowest BCUT2D eigenvalue weighted by molar-refractivity contribution is -0.137. The molecule has 11 heteroatoms. The van der Waals surface area contributed by atoms with Gasteiger partial charge in [-0.05, 0) is 19.4 Å². The van der Waals surface area contributed by atoms with E-state index < -0.39 is 11.7 Å². The molecule has 0 saturated carbocycles. The van der Waals surface area contributed by atoms with E-state index in [1.165, 1.54) is 0 Å². The summed E-state index contributed by atoms with van der Waals surface area (Å²) in [6.45, 7) is 3.77. The number of guanidine groups is 1. The van der Waals surface area contributed by atoms with E-state index >= 15 is 0 Å². The van der Waals surface area contributed by atoms with Crippen molar-refractivity contribution in [2.24, 2.45) is 4.99 Å². The molecular weight excluding hydrogens is 413 g/mol. The van der Waals surface area contributed by atoms with Crippen molar-refractivity contribution in [1.29, 1.82) is 0 Å². The molecule has 0 aromatic carbocycles. The highest BCUT2D eigenvalue weighted by Gasteiger charge is 2.33. The minimum absolute atomic E-state index is 0.00267. The summed E-state index contributed by atoms with van der Waals surface area (Å²) < 4.78 is 38.3. The van der Waals surface area contributed by atoms with Crippen LogP contribution in [0, 0.1) is 6.92 Å². The number of aryl methyl sites for hydroxylation is 1. The molecule has 3 rings (SSSR count). The third-order valence-electron chi connectivity index (χ3n) is 4.28. The van der Waals surface area contributed by atoms with Crippen LogP contribution in [0.25, 0.3) is 0 Å². The number of anilines is 1. The number of nitrogens with one attached hydrogen (secondary N) is 2. The van der Waals surface area contributed by atoms with Crippen molar-refractivity contribution in [2.75, 3.05) is 25.0 Å². The van der Waals surface area contributed by atoms with Crippen molar-refractivity contribution >= 4 is 34.7 Å². The summed E-state index contributed by atoms with van der Waals surface area (Å²) in [5, 5.41) is 7.50. The lowest BCUT2D eigenvalue weighted by Gasteiger charge is -2.21. The van der Waals surface area contributed by atoms with Crippen molar-refractivity contribution in [3.05, 3.63) is 38.9 Å². The van der Waals surface area contributed by atoms with Crippen molar-refractivity contribution in [1.82, 2.24) is 20.6 Å². The molecule has 0 radical (unpaired) electrons. The highest BCUT2D eigenvalue weighted by molar-refractivity contribution is 7.11. The molecule has 1 saturated heterocycles. The molecule has 3 heterocycles. The van der Waals surface area contributed by atoms with Gasteiger partial charge in [0, 0.05) is 43.4 Å². The number of pyridine rings is 1. The van der Waals surface area contributed by atoms with Crippen LogP contribution in [0.2, 0.25) is 5.02 Å². The van der Waals surface area contributed by atoms with E-state index in [1.54, 1.807) is 18.4 Å². The van der Waals surface area contributed by atoms with Gasteiger partial charge in [0.05, 0.1) is 17.1 Å². The van der Waals surface area contributed by atoms with Gasteiger partial charge in [-0.15, -0.1) is 11.3 Å². The summed E-state index contributed by atoms with van der Waals surface area (Å²) in [4.78, 5) is 15.5. The Balaban J connectivity index is 1.57. The average molecular weight is 433 g/mol. The van der Waals surface area contributed by atoms with Gasteiger partial charge in [-0.1, -0.05) is 11.6 Å². The summed E-state index contributed by atoms with van der Waals surface area (Å²) in [7, 11) is 1.68. The molecule has 1 atom stereocenters. The number of alkyl halides is 3. The molecule has 0 spiro atoms. The van der Waals surface area contributed by atoms with Crippen LogP contribution in [0.5, 0.6) is 0 Å². The van der Waals surface area contributed by atoms with E-state index in [9.17, 15) is 13.2 Å². The molecule has 1 fully saturated rings. The highest BCUT2D eigenvalue weighted by atomic mass is 35.5. The first kappa shape index (κ1) is 20.7. The van der Waals surface area contributed by atoms with Crippen molar-refractivity contribution in [3.63, 3.8) is 0 Å². The van der Waals surface area contributed by atoms with Crippen LogP contribution >= 0.6 is 22.9 Å². The predicted octanol–water partition coefficient (Wildman–Crippen LogP) is 3.46. The second-order valence-electron chi connectivity index (χ2n) is 6.39. The second kappa shape index (κ2) is 8.52. The van der Waals surface area contributed by atoms with Gasteiger partial charge in [0.1, 0.15) is 10.8 Å². The van der Waals surface area contributed by atoms with Crippen LogP contribution in [0.15, 0.2) is 23.5 Å². The van der Waals surface area contributed by atoms with Crippen molar-refractivity contribution in [3.8, 4) is 0 Å². The third kappa shape index (κ3) is 5.05. The summed E-state index contributed by atoms with van der Waals surface area (Å²) in [5.74, 6) is 1.01. The quantitative estimate of drug-likeness (QED) is 0.572. The molecule has 28 heavy (non-hydrogen) atoms. The van der Waals surface area contributed by atoms with Gasteiger partial charge >= 0.3 is 6.18 Å². The number of rotatable bonds is 4. The predicted molar refractivity (Wildman–Crippen MR) is 105 cm³/mol. The van der Waals surface area contributed by atoms with E-state index in [2.05, 4.69) is 25.6 Å². The Morgan fingerprint density at radius 2 is 2.18 bits per heavy atom. The molecule has 0 amide bonds. The largest absolute Gasteiger partial charge is 0.417 e. The normalized spacial score (nSPS) is 17.9. The van der Waals surface area contributed by atoms with Gasteiger partial charge in [0.2, 0.25) is 0 Å². The molecule has 2 N–H and O–H groups in total. The van der Waals surface area contributed by atoms with Gasteiger partial charge in [0.15, 0.2) is 5.96 Å². The van der Waals surface area contributed by atoms with Crippen LogP contribution in [0.3, 0.4) is 0 Å². The zero-order valence-corrected chi connectivity index (χ0v) is 16.9. The monoisotopic (exact) mass is 432 g/mol. The third-order valence-corrected chi connectivity index (χ3v) is 5.47. The maximum absolute atomic E-state index is 12.8. The first-order chi connectivity index (χ1) is 13.3. The van der Waals surface area contributed by atoms with Gasteiger partial charge in [-0.25, -0.2) is 9.97 Å². The minimum Gasteiger partial charge on any atom is -0.353 e. The first-order valence-corrected chi connectivity index (χ1v) is 9.82. The van der Waals surface area contributed by atoms with Crippen LogP contribution in [0.4, 0.5) is 19.0 Å². The highest BCUT2D eigenvalue weighted by Crippen LogP contribution is 2.34. The Morgan fingerprint density at radius 3 is 2.79 bits per heavy atom. The molecule has 2 aromatic heterocycles. The number of aromatic nitrogens is 2. The summed E-state index contributed by atoms with van der Waals surface area (Å²) in [6.07, 6.45) is -1.03. The van der Waals surface area contributed by atoms with E-state index in [0.717, 1.165) is 28.6 Å². The number of nitrogens with zero attached hydrogens (tertiary/aromatic N) is 4. The molecule has 6 nitrogen and oxygen atoms in total. The molecule has 1 aliphatic heterocycles. The molecule has 1 aliphatic rings. The topological polar surface area (TPSA) is 65.4 Å². The molecule has 1 unspecified atom stereocenters. The first-order valence-electron chi connectivity index (χ1n) is 8.62. The van der Waals surface area contributed by atoms with E-state index in [1.807, 2.05) is 18.0 Å². The standard InChI is InChI=1S/C17H20ClF3N6S/c1-10-6-23-14(28-10)8-25-16(22-2)26-12-3-4-27(9-12)15-13(18)5-11(7-24-15)17(19,20)21/h5-7,12H,3-4,8-9H2,1-2H3,(H2,22,25,26). The van der Waals surface area contributed by atoms with Crippen LogP contribution < -0.4 is 15.5 Å². The smallest absolute Gasteiger partial charge is 0.353 e. The average Bonchev–Trinajstić information content (AvgIpc) is 3.26. The van der Waals surface area contributed by atoms with Crippen LogP contribution in [0.1, 0.15) is 21.9 Å². The van der Waals surface area contributed by atoms with Gasteiger partial charge in [-0.3, -0.25) is 4.99 Å².